The summed E-state index contributed by atoms with van der Waals surface area (Å²) < 4.78 is 37.9. The molecular formula is C32H32Cl2FNO6. The molecule has 10 heteroatoms. The van der Waals surface area contributed by atoms with Crippen molar-refractivity contribution in [3.05, 3.63) is 69.1 Å². The molecular weight excluding hydrogens is 584 g/mol. The Morgan fingerprint density at radius 1 is 1.10 bits per heavy atom. The van der Waals surface area contributed by atoms with Gasteiger partial charge in [-0.05, 0) is 80.2 Å². The van der Waals surface area contributed by atoms with Gasteiger partial charge in [-0.15, -0.1) is 0 Å². The van der Waals surface area contributed by atoms with Gasteiger partial charge in [0.25, 0.3) is 0 Å². The summed E-state index contributed by atoms with van der Waals surface area (Å²) in [7, 11) is 1.31. The van der Waals surface area contributed by atoms with Gasteiger partial charge >= 0.3 is 5.97 Å². The molecule has 0 aliphatic heterocycles. The Kier molecular flexibility index (Phi) is 7.04. The lowest BCUT2D eigenvalue weighted by atomic mass is 9.69. The van der Waals surface area contributed by atoms with Crippen LogP contribution in [0.3, 0.4) is 0 Å². The summed E-state index contributed by atoms with van der Waals surface area (Å²) in [6.07, 6.45) is 5.87. The zero-order chi connectivity index (χ0) is 29.2. The third kappa shape index (κ3) is 4.80. The molecule has 3 aromatic rings. The van der Waals surface area contributed by atoms with Gasteiger partial charge in [0, 0.05) is 36.0 Å². The lowest BCUT2D eigenvalue weighted by molar-refractivity contribution is -0.151. The van der Waals surface area contributed by atoms with E-state index in [1.54, 1.807) is 24.3 Å². The number of aliphatic hydroxyl groups is 1. The first-order chi connectivity index (χ1) is 20.2. The van der Waals surface area contributed by atoms with E-state index in [-0.39, 0.29) is 23.7 Å². The quantitative estimate of drug-likeness (QED) is 0.252. The van der Waals surface area contributed by atoms with Crippen molar-refractivity contribution in [1.82, 2.24) is 5.16 Å². The summed E-state index contributed by atoms with van der Waals surface area (Å²) in [6.45, 7) is 0.294. The number of esters is 1. The van der Waals surface area contributed by atoms with Gasteiger partial charge in [0.15, 0.2) is 0 Å². The molecule has 4 fully saturated rings. The third-order valence-corrected chi connectivity index (χ3v) is 10.2. The number of methoxy groups -OCH3 is 1. The van der Waals surface area contributed by atoms with E-state index in [4.69, 9.17) is 41.9 Å². The molecule has 4 aliphatic rings. The number of nitrogens with zero attached hydrogens (tertiary/aromatic N) is 1. The van der Waals surface area contributed by atoms with Crippen LogP contribution in [0.4, 0.5) is 4.39 Å². The van der Waals surface area contributed by atoms with Crippen LogP contribution in [0.2, 0.25) is 10.0 Å². The van der Waals surface area contributed by atoms with E-state index in [0.29, 0.717) is 65.1 Å². The Morgan fingerprint density at radius 3 is 2.40 bits per heavy atom. The Hall–Kier alpha value is -2.65. The van der Waals surface area contributed by atoms with Crippen LogP contribution >= 0.6 is 23.2 Å². The van der Waals surface area contributed by atoms with Gasteiger partial charge in [-0.25, -0.2) is 9.18 Å². The van der Waals surface area contributed by atoms with Gasteiger partial charge in [0.1, 0.15) is 23.0 Å². The molecule has 0 saturated heterocycles. The molecule has 7 nitrogen and oxygen atoms in total. The fourth-order valence-electron chi connectivity index (χ4n) is 7.08. The molecule has 4 aliphatic carbocycles. The summed E-state index contributed by atoms with van der Waals surface area (Å²) in [5.74, 6) is 0.150. The number of carbonyl (C=O) groups excluding carboxylic acids is 1. The van der Waals surface area contributed by atoms with Crippen LogP contribution in [0.15, 0.2) is 40.9 Å². The standard InChI is InChI=1S/C32H32Cl2FNO6/c1-39-30(37)31(9-10-31)41-23-14-20(11-21(35)15-23)32(38)18-7-8-19(32)13-22(12-18)40-16-24-28(36-42-29(24)17-5-6-17)27-25(33)3-2-4-26(27)34/h2-4,11,14-15,17-19,22,38H,5-10,12-13,16H2,1H3/t18-,19+,22+,32-. The Balaban J connectivity index is 1.10. The zero-order valence-electron chi connectivity index (χ0n) is 23.2. The van der Waals surface area contributed by atoms with Crippen LogP contribution in [0.25, 0.3) is 11.3 Å². The molecule has 1 heterocycles. The second-order valence-electron chi connectivity index (χ2n) is 12.2. The van der Waals surface area contributed by atoms with Crippen molar-refractivity contribution in [3.63, 3.8) is 0 Å². The van der Waals surface area contributed by atoms with Crippen molar-refractivity contribution in [2.24, 2.45) is 11.8 Å². The minimum absolute atomic E-state index is 0.0994. The van der Waals surface area contributed by atoms with Crippen LogP contribution in [-0.4, -0.2) is 35.0 Å². The van der Waals surface area contributed by atoms with E-state index in [0.717, 1.165) is 37.0 Å². The number of hydrogen-bond acceptors (Lipinski definition) is 7. The van der Waals surface area contributed by atoms with Gasteiger partial charge in [-0.1, -0.05) is 34.4 Å². The van der Waals surface area contributed by atoms with Crippen LogP contribution < -0.4 is 4.74 Å². The number of ether oxygens (including phenoxy) is 3. The normalized spacial score (nSPS) is 27.6. The summed E-state index contributed by atoms with van der Waals surface area (Å²) in [5, 5.41) is 17.4. The lowest BCUT2D eigenvalue weighted by Gasteiger charge is -2.43. The number of halogens is 3. The fourth-order valence-corrected chi connectivity index (χ4v) is 7.66. The first-order valence-electron chi connectivity index (χ1n) is 14.6. The minimum Gasteiger partial charge on any atom is -0.475 e. The summed E-state index contributed by atoms with van der Waals surface area (Å²) in [4.78, 5) is 12.2. The maximum Gasteiger partial charge on any atom is 0.350 e. The maximum atomic E-state index is 14.8. The van der Waals surface area contributed by atoms with E-state index in [9.17, 15) is 14.3 Å². The monoisotopic (exact) mass is 615 g/mol. The van der Waals surface area contributed by atoms with Crippen molar-refractivity contribution in [3.8, 4) is 17.0 Å². The molecule has 2 aromatic carbocycles. The van der Waals surface area contributed by atoms with Crippen LogP contribution in [-0.2, 0) is 26.5 Å². The van der Waals surface area contributed by atoms with Gasteiger partial charge in [-0.3, -0.25) is 0 Å². The molecule has 1 aromatic heterocycles. The smallest absolute Gasteiger partial charge is 0.350 e. The number of fused-ring (bicyclic) bond motifs is 2. The molecule has 2 bridgehead atoms. The summed E-state index contributed by atoms with van der Waals surface area (Å²) in [5.41, 5.74) is 0.311. The van der Waals surface area contributed by atoms with E-state index < -0.39 is 23.0 Å². The first kappa shape index (κ1) is 28.1. The number of aromatic nitrogens is 1. The number of benzene rings is 2. The van der Waals surface area contributed by atoms with E-state index in [2.05, 4.69) is 5.16 Å². The van der Waals surface area contributed by atoms with Gasteiger partial charge in [0.2, 0.25) is 5.60 Å². The largest absolute Gasteiger partial charge is 0.475 e. The molecule has 0 radical (unpaired) electrons. The van der Waals surface area contributed by atoms with Gasteiger partial charge in [-0.2, -0.15) is 0 Å². The average molecular weight is 617 g/mol. The highest BCUT2D eigenvalue weighted by Gasteiger charge is 2.56. The highest BCUT2D eigenvalue weighted by atomic mass is 35.5. The molecule has 7 rings (SSSR count). The first-order valence-corrected chi connectivity index (χ1v) is 15.3. The van der Waals surface area contributed by atoms with E-state index in [1.807, 2.05) is 0 Å². The highest BCUT2D eigenvalue weighted by molar-refractivity contribution is 6.39. The van der Waals surface area contributed by atoms with Crippen molar-refractivity contribution >= 4 is 29.2 Å². The van der Waals surface area contributed by atoms with Crippen molar-refractivity contribution < 1.29 is 33.0 Å². The number of hydrogen-bond donors (Lipinski definition) is 1. The third-order valence-electron chi connectivity index (χ3n) is 9.54. The zero-order valence-corrected chi connectivity index (χ0v) is 24.7. The number of rotatable bonds is 9. The van der Waals surface area contributed by atoms with Crippen LogP contribution in [0.5, 0.6) is 5.75 Å². The minimum atomic E-state index is -1.21. The van der Waals surface area contributed by atoms with Crippen molar-refractivity contribution in [1.29, 1.82) is 0 Å². The lowest BCUT2D eigenvalue weighted by Crippen LogP contribution is -2.44. The topological polar surface area (TPSA) is 91.0 Å². The molecule has 1 N–H and O–H groups in total. The molecule has 0 spiro atoms. The molecule has 0 amide bonds. The number of carbonyl (C=O) groups is 1. The summed E-state index contributed by atoms with van der Waals surface area (Å²) >= 11 is 13.0. The van der Waals surface area contributed by atoms with Crippen molar-refractivity contribution in [2.75, 3.05) is 7.11 Å². The second-order valence-corrected chi connectivity index (χ2v) is 13.0. The Labute approximate surface area is 253 Å². The predicted molar refractivity (Wildman–Crippen MR) is 153 cm³/mol. The highest BCUT2D eigenvalue weighted by Crippen LogP contribution is 2.57. The van der Waals surface area contributed by atoms with E-state index in [1.165, 1.54) is 19.2 Å². The van der Waals surface area contributed by atoms with Crippen LogP contribution in [0.1, 0.15) is 74.2 Å². The second kappa shape index (κ2) is 10.5. The van der Waals surface area contributed by atoms with Gasteiger partial charge < -0.3 is 23.8 Å². The molecule has 0 unspecified atom stereocenters. The molecule has 222 valence electrons. The van der Waals surface area contributed by atoms with Crippen LogP contribution in [0, 0.1) is 17.7 Å². The Bertz CT molecular complexity index is 1500. The SMILES string of the molecule is COC(=O)C1(Oc2cc(F)cc([C@@]3(O)[C@@H]4CC[C@H]3C[C@@H](OCc3c(-c5c(Cl)cccc5Cl)noc3C3CC3)C4)c2)CC1. The predicted octanol–water partition coefficient (Wildman–Crippen LogP) is 7.34. The molecule has 4 atom stereocenters. The Morgan fingerprint density at radius 2 is 1.79 bits per heavy atom. The molecule has 42 heavy (non-hydrogen) atoms. The van der Waals surface area contributed by atoms with Gasteiger partial charge in [0.05, 0.1) is 35.5 Å². The fraction of sp³-hybridized carbons (Fsp3) is 0.500. The van der Waals surface area contributed by atoms with E-state index >= 15 is 0 Å². The van der Waals surface area contributed by atoms with Crippen molar-refractivity contribution in [2.45, 2.75) is 81.2 Å². The maximum absolute atomic E-state index is 14.8. The summed E-state index contributed by atoms with van der Waals surface area (Å²) in [6, 6.07) is 9.67. The molecule has 4 saturated carbocycles. The average Bonchev–Trinajstić information content (AvgIpc) is 3.89.